The van der Waals surface area contributed by atoms with E-state index in [1.54, 1.807) is 43.0 Å². The van der Waals surface area contributed by atoms with Gasteiger partial charge in [-0.2, -0.15) is 8.42 Å². The van der Waals surface area contributed by atoms with Crippen molar-refractivity contribution in [1.29, 1.82) is 0 Å². The zero-order chi connectivity index (χ0) is 32.1. The van der Waals surface area contributed by atoms with E-state index in [2.05, 4.69) is 0 Å². The van der Waals surface area contributed by atoms with Gasteiger partial charge in [0, 0.05) is 23.4 Å². The third-order valence-electron chi connectivity index (χ3n) is 6.63. The second-order valence-electron chi connectivity index (χ2n) is 11.3. The number of benzene rings is 3. The molecule has 11 heteroatoms. The van der Waals surface area contributed by atoms with Crippen LogP contribution in [0.1, 0.15) is 76.3 Å². The third-order valence-corrected chi connectivity index (χ3v) is 7.55. The highest BCUT2D eigenvalue weighted by Crippen LogP contribution is 2.34. The van der Waals surface area contributed by atoms with Gasteiger partial charge in [0.15, 0.2) is 5.75 Å². The molecule has 3 aromatic carbocycles. The molecule has 0 heterocycles. The number of hydrogen-bond acceptors (Lipinski definition) is 7. The monoisotopic (exact) mass is 610 g/mol. The smallest absolute Gasteiger partial charge is 0.415 e. The number of carbonyl (C=O) groups is 1. The molecular formula is C32H38N2O8S. The molecule has 0 aromatic heterocycles. The first kappa shape index (κ1) is 33.3. The number of nitro benzene ring substituents is 1. The molecule has 0 saturated heterocycles. The van der Waals surface area contributed by atoms with E-state index in [4.69, 9.17) is 9.47 Å². The molecule has 230 valence electrons. The fourth-order valence-corrected chi connectivity index (χ4v) is 5.09. The summed E-state index contributed by atoms with van der Waals surface area (Å²) in [5, 5.41) is 11.7. The molecule has 10 nitrogen and oxygen atoms in total. The van der Waals surface area contributed by atoms with Gasteiger partial charge in [0.25, 0.3) is 10.1 Å². The van der Waals surface area contributed by atoms with Gasteiger partial charge in [0.05, 0.1) is 4.92 Å². The van der Waals surface area contributed by atoms with E-state index in [1.807, 2.05) is 65.0 Å². The maximum atomic E-state index is 12.9. The minimum atomic E-state index is -4.54. The van der Waals surface area contributed by atoms with E-state index in [9.17, 15) is 27.9 Å². The number of carbonyl (C=O) groups excluding carboxylic acids is 1. The molecule has 0 spiro atoms. The number of amides is 1. The molecule has 0 radical (unpaired) electrons. The fourth-order valence-electron chi connectivity index (χ4n) is 4.33. The van der Waals surface area contributed by atoms with E-state index in [-0.39, 0.29) is 27.9 Å². The predicted molar refractivity (Wildman–Crippen MR) is 167 cm³/mol. The van der Waals surface area contributed by atoms with Crippen LogP contribution in [-0.4, -0.2) is 35.6 Å². The molecule has 43 heavy (non-hydrogen) atoms. The molecule has 0 aliphatic carbocycles. The second-order valence-corrected chi connectivity index (χ2v) is 12.7. The minimum absolute atomic E-state index is 0.0562. The maximum Gasteiger partial charge on any atom is 0.415 e. The summed E-state index contributed by atoms with van der Waals surface area (Å²) >= 11 is 0. The Labute approximate surface area is 252 Å². The van der Waals surface area contributed by atoms with Gasteiger partial charge in [-0.3, -0.25) is 19.6 Å². The van der Waals surface area contributed by atoms with Gasteiger partial charge >= 0.3 is 11.8 Å². The van der Waals surface area contributed by atoms with Crippen LogP contribution in [-0.2, 0) is 14.9 Å². The van der Waals surface area contributed by atoms with Crippen molar-refractivity contribution in [1.82, 2.24) is 0 Å². The third kappa shape index (κ3) is 8.89. The van der Waals surface area contributed by atoms with Crippen molar-refractivity contribution in [2.75, 3.05) is 4.90 Å². The highest BCUT2D eigenvalue weighted by molar-refractivity contribution is 7.85. The summed E-state index contributed by atoms with van der Waals surface area (Å²) < 4.78 is 45.0. The highest BCUT2D eigenvalue weighted by atomic mass is 32.2. The number of aryl methyl sites for hydroxylation is 1. The molecule has 1 N–H and O–H groups in total. The van der Waals surface area contributed by atoms with Crippen LogP contribution in [0.4, 0.5) is 16.2 Å². The maximum absolute atomic E-state index is 12.9. The summed E-state index contributed by atoms with van der Waals surface area (Å²) in [5.74, 6) is -0.0562. The topological polar surface area (TPSA) is 136 Å². The Kier molecular flexibility index (Phi) is 10.4. The fraction of sp³-hybridized carbons (Fsp3) is 0.344. The number of ether oxygens (including phenoxy) is 2. The van der Waals surface area contributed by atoms with Crippen LogP contribution in [0, 0.1) is 17.0 Å². The van der Waals surface area contributed by atoms with Crippen LogP contribution >= 0.6 is 0 Å². The zero-order valence-electron chi connectivity index (χ0n) is 25.4. The molecule has 0 aliphatic heterocycles. The van der Waals surface area contributed by atoms with E-state index in [0.29, 0.717) is 11.3 Å². The molecule has 0 fully saturated rings. The molecule has 2 atom stereocenters. The van der Waals surface area contributed by atoms with E-state index in [0.717, 1.165) is 17.5 Å². The van der Waals surface area contributed by atoms with Crippen LogP contribution in [0.2, 0.25) is 0 Å². The molecule has 0 saturated carbocycles. The van der Waals surface area contributed by atoms with Crippen molar-refractivity contribution in [2.45, 2.75) is 77.5 Å². The summed E-state index contributed by atoms with van der Waals surface area (Å²) in [6.07, 6.45) is 2.96. The van der Waals surface area contributed by atoms with Gasteiger partial charge < -0.3 is 9.47 Å². The van der Waals surface area contributed by atoms with Gasteiger partial charge in [0.1, 0.15) is 16.6 Å². The standard InChI is InChI=1S/C32H38N2O8S/c1-8-22(3)33(31(35)42-32(5,6)7)26-15-12-24(13-16-26)10-11-25-14-17-28(34(36)37)29(20-25)41-23(4)27-19-21(2)9-18-30(27)43(38,39)40/h9-20,22-23H,8H2,1-7H3,(H,38,39,40)/b11-10+. The molecule has 2 unspecified atom stereocenters. The van der Waals surface area contributed by atoms with E-state index >= 15 is 0 Å². The van der Waals surface area contributed by atoms with Crippen molar-refractivity contribution in [3.63, 3.8) is 0 Å². The van der Waals surface area contributed by atoms with Gasteiger partial charge in [-0.15, -0.1) is 0 Å². The summed E-state index contributed by atoms with van der Waals surface area (Å²) in [4.78, 5) is 25.3. The molecule has 3 rings (SSSR count). The first-order chi connectivity index (χ1) is 20.0. The SMILES string of the molecule is CCC(C)N(C(=O)OC(C)(C)C)c1ccc(/C=C/c2ccc([N+](=O)[O-])c(OC(C)c3cc(C)ccc3S(=O)(=O)O)c2)cc1. The second kappa shape index (κ2) is 13.4. The van der Waals surface area contributed by atoms with Crippen molar-refractivity contribution in [3.8, 4) is 5.75 Å². The van der Waals surface area contributed by atoms with Crippen LogP contribution < -0.4 is 9.64 Å². The van der Waals surface area contributed by atoms with Crippen molar-refractivity contribution >= 4 is 39.7 Å². The minimum Gasteiger partial charge on any atom is -0.479 e. The lowest BCUT2D eigenvalue weighted by molar-refractivity contribution is -0.386. The Balaban J connectivity index is 1.88. The average Bonchev–Trinajstić information content (AvgIpc) is 2.90. The lowest BCUT2D eigenvalue weighted by atomic mass is 10.1. The average molecular weight is 611 g/mol. The van der Waals surface area contributed by atoms with Crippen LogP contribution in [0.15, 0.2) is 65.6 Å². The summed E-state index contributed by atoms with van der Waals surface area (Å²) in [6.45, 7) is 12.7. The number of nitro groups is 1. The molecule has 3 aromatic rings. The Hall–Kier alpha value is -4.22. The van der Waals surface area contributed by atoms with Crippen molar-refractivity contribution in [3.05, 3.63) is 93.0 Å². The Morgan fingerprint density at radius 2 is 1.63 bits per heavy atom. The molecule has 1 amide bonds. The van der Waals surface area contributed by atoms with Crippen molar-refractivity contribution < 1.29 is 32.2 Å². The predicted octanol–water partition coefficient (Wildman–Crippen LogP) is 8.00. The van der Waals surface area contributed by atoms with Crippen LogP contribution in [0.3, 0.4) is 0 Å². The van der Waals surface area contributed by atoms with E-state index < -0.39 is 32.8 Å². The van der Waals surface area contributed by atoms with Crippen molar-refractivity contribution in [2.24, 2.45) is 0 Å². The largest absolute Gasteiger partial charge is 0.479 e. The molecule has 0 bridgehead atoms. The molecular weight excluding hydrogens is 572 g/mol. The van der Waals surface area contributed by atoms with Crippen LogP contribution in [0.5, 0.6) is 5.75 Å². The Morgan fingerprint density at radius 3 is 2.19 bits per heavy atom. The number of anilines is 1. The van der Waals surface area contributed by atoms with Gasteiger partial charge in [-0.1, -0.05) is 48.9 Å². The van der Waals surface area contributed by atoms with E-state index in [1.165, 1.54) is 18.2 Å². The highest BCUT2D eigenvalue weighted by Gasteiger charge is 2.27. The summed E-state index contributed by atoms with van der Waals surface area (Å²) in [7, 11) is -4.54. The summed E-state index contributed by atoms with van der Waals surface area (Å²) in [5.41, 5.74) is 2.11. The first-order valence-electron chi connectivity index (χ1n) is 13.8. The number of nitrogens with zero attached hydrogens (tertiary/aromatic N) is 2. The van der Waals surface area contributed by atoms with Crippen LogP contribution in [0.25, 0.3) is 12.2 Å². The normalized spacial score (nSPS) is 13.4. The quantitative estimate of drug-likeness (QED) is 0.106. The van der Waals surface area contributed by atoms with Gasteiger partial charge in [-0.05, 0) is 89.4 Å². The first-order valence-corrected chi connectivity index (χ1v) is 15.3. The Bertz CT molecular complexity index is 1610. The lowest BCUT2D eigenvalue weighted by Gasteiger charge is -2.31. The zero-order valence-corrected chi connectivity index (χ0v) is 26.2. The van der Waals surface area contributed by atoms with Gasteiger partial charge in [-0.25, -0.2) is 4.79 Å². The lowest BCUT2D eigenvalue weighted by Crippen LogP contribution is -2.42. The number of hydrogen-bond donors (Lipinski definition) is 1. The number of rotatable bonds is 10. The summed E-state index contributed by atoms with van der Waals surface area (Å²) in [6, 6.07) is 16.0. The molecule has 0 aliphatic rings. The van der Waals surface area contributed by atoms with Gasteiger partial charge in [0.2, 0.25) is 0 Å². The Morgan fingerprint density at radius 1 is 1.02 bits per heavy atom.